The second-order valence-corrected chi connectivity index (χ2v) is 8.61. The van der Waals surface area contributed by atoms with Gasteiger partial charge >= 0.3 is 12.1 Å². The van der Waals surface area contributed by atoms with E-state index in [9.17, 15) is 14.4 Å². The molecule has 28 heavy (non-hydrogen) atoms. The highest BCUT2D eigenvalue weighted by atomic mass is 16.6. The first-order valence-electron chi connectivity index (χ1n) is 9.70. The van der Waals surface area contributed by atoms with Gasteiger partial charge in [-0.05, 0) is 45.1 Å². The largest absolute Gasteiger partial charge is 0.444 e. The minimum atomic E-state index is -0.634. The van der Waals surface area contributed by atoms with Crippen molar-refractivity contribution in [3.63, 3.8) is 0 Å². The van der Waals surface area contributed by atoms with Gasteiger partial charge in [0.05, 0.1) is 12.6 Å². The van der Waals surface area contributed by atoms with E-state index in [4.69, 9.17) is 4.74 Å². The zero-order valence-corrected chi connectivity index (χ0v) is 17.3. The molecule has 1 heterocycles. The van der Waals surface area contributed by atoms with Gasteiger partial charge in [-0.15, -0.1) is 0 Å². The molecule has 1 aromatic rings. The van der Waals surface area contributed by atoms with Gasteiger partial charge in [-0.25, -0.2) is 9.59 Å². The Balaban J connectivity index is 2.11. The second kappa shape index (κ2) is 9.08. The van der Waals surface area contributed by atoms with Gasteiger partial charge < -0.3 is 15.4 Å². The van der Waals surface area contributed by atoms with Crippen molar-refractivity contribution >= 4 is 18.0 Å². The normalized spacial score (nSPS) is 18.2. The van der Waals surface area contributed by atoms with Gasteiger partial charge in [0.2, 0.25) is 0 Å². The van der Waals surface area contributed by atoms with Crippen molar-refractivity contribution in [3.05, 3.63) is 35.9 Å². The lowest BCUT2D eigenvalue weighted by molar-refractivity contribution is -0.128. The molecule has 2 N–H and O–H groups in total. The van der Waals surface area contributed by atoms with Crippen LogP contribution in [0.5, 0.6) is 0 Å². The van der Waals surface area contributed by atoms with Crippen LogP contribution in [0.25, 0.3) is 0 Å². The monoisotopic (exact) mass is 389 g/mol. The van der Waals surface area contributed by atoms with Crippen molar-refractivity contribution in [1.82, 2.24) is 15.5 Å². The van der Waals surface area contributed by atoms with Gasteiger partial charge in [0.15, 0.2) is 0 Å². The van der Waals surface area contributed by atoms with Gasteiger partial charge in [0.25, 0.3) is 5.91 Å². The number of rotatable bonds is 7. The number of imide groups is 1. The molecule has 2 atom stereocenters. The quantitative estimate of drug-likeness (QED) is 0.702. The fourth-order valence-corrected chi connectivity index (χ4v) is 3.14. The highest BCUT2D eigenvalue weighted by molar-refractivity contribution is 6.04. The number of benzene rings is 1. The Morgan fingerprint density at radius 3 is 2.43 bits per heavy atom. The number of amides is 4. The van der Waals surface area contributed by atoms with Crippen LogP contribution in [0.4, 0.5) is 9.59 Å². The average Bonchev–Trinajstić information content (AvgIpc) is 2.80. The van der Waals surface area contributed by atoms with Crippen LogP contribution in [0, 0.1) is 5.92 Å². The molecule has 0 aromatic heterocycles. The van der Waals surface area contributed by atoms with E-state index in [0.717, 1.165) is 5.56 Å². The molecule has 1 aromatic carbocycles. The Bertz CT molecular complexity index is 697. The highest BCUT2D eigenvalue weighted by Gasteiger charge is 2.39. The van der Waals surface area contributed by atoms with Crippen LogP contribution < -0.4 is 10.6 Å². The number of carbonyl (C=O) groups is 3. The van der Waals surface area contributed by atoms with Crippen molar-refractivity contribution in [3.8, 4) is 0 Å². The molecule has 0 saturated carbocycles. The number of ether oxygens (including phenoxy) is 1. The molecule has 2 rings (SSSR count). The number of urea groups is 1. The first-order valence-corrected chi connectivity index (χ1v) is 9.70. The molecule has 0 radical (unpaired) electrons. The number of hydrogen-bond donors (Lipinski definition) is 2. The number of carbonyl (C=O) groups excluding carboxylic acids is 3. The summed E-state index contributed by atoms with van der Waals surface area (Å²) < 4.78 is 5.34. The summed E-state index contributed by atoms with van der Waals surface area (Å²) in [5, 5.41) is 5.55. The van der Waals surface area contributed by atoms with E-state index in [1.54, 1.807) is 20.8 Å². The van der Waals surface area contributed by atoms with Gasteiger partial charge in [-0.3, -0.25) is 9.69 Å². The molecule has 1 aliphatic heterocycles. The third kappa shape index (κ3) is 6.55. The van der Waals surface area contributed by atoms with Gasteiger partial charge in [-0.1, -0.05) is 44.2 Å². The summed E-state index contributed by atoms with van der Waals surface area (Å²) in [4.78, 5) is 38.4. The lowest BCUT2D eigenvalue weighted by Crippen LogP contribution is -2.48. The van der Waals surface area contributed by atoms with Crippen molar-refractivity contribution in [2.45, 2.75) is 65.1 Å². The molecule has 7 nitrogen and oxygen atoms in total. The molecule has 154 valence electrons. The van der Waals surface area contributed by atoms with E-state index < -0.39 is 29.8 Å². The lowest BCUT2D eigenvalue weighted by Gasteiger charge is -2.26. The van der Waals surface area contributed by atoms with Crippen LogP contribution in [0.3, 0.4) is 0 Å². The van der Waals surface area contributed by atoms with Crippen molar-refractivity contribution in [2.24, 2.45) is 5.92 Å². The molecular weight excluding hydrogens is 358 g/mol. The summed E-state index contributed by atoms with van der Waals surface area (Å²) in [5.41, 5.74) is 0.360. The molecule has 0 aliphatic carbocycles. The zero-order valence-electron chi connectivity index (χ0n) is 17.3. The Labute approximate surface area is 166 Å². The molecule has 4 amide bonds. The fourth-order valence-electron chi connectivity index (χ4n) is 3.14. The van der Waals surface area contributed by atoms with E-state index >= 15 is 0 Å². The molecule has 1 fully saturated rings. The van der Waals surface area contributed by atoms with Gasteiger partial charge in [0.1, 0.15) is 11.6 Å². The van der Waals surface area contributed by atoms with E-state index in [0.29, 0.717) is 12.8 Å². The first kappa shape index (κ1) is 21.7. The van der Waals surface area contributed by atoms with Crippen LogP contribution in [-0.2, 0) is 16.0 Å². The Hall–Kier alpha value is -2.57. The molecule has 0 unspecified atom stereocenters. The van der Waals surface area contributed by atoms with Gasteiger partial charge in [-0.2, -0.15) is 0 Å². The maximum Gasteiger partial charge on any atom is 0.407 e. The van der Waals surface area contributed by atoms with Crippen molar-refractivity contribution in [2.75, 3.05) is 6.54 Å². The summed E-state index contributed by atoms with van der Waals surface area (Å²) in [6.07, 6.45) is 0.495. The van der Waals surface area contributed by atoms with Crippen LogP contribution >= 0.6 is 0 Å². The van der Waals surface area contributed by atoms with Crippen molar-refractivity contribution < 1.29 is 19.1 Å². The maximum atomic E-state index is 12.7. The van der Waals surface area contributed by atoms with E-state index in [1.807, 2.05) is 44.2 Å². The van der Waals surface area contributed by atoms with Crippen LogP contribution in [0.15, 0.2) is 30.3 Å². The van der Waals surface area contributed by atoms with E-state index in [-0.39, 0.29) is 18.4 Å². The number of alkyl carbamates (subject to hydrolysis) is 1. The van der Waals surface area contributed by atoms with E-state index in [1.165, 1.54) is 4.90 Å². The van der Waals surface area contributed by atoms with E-state index in [2.05, 4.69) is 10.6 Å². The Morgan fingerprint density at radius 2 is 1.86 bits per heavy atom. The Kier molecular flexibility index (Phi) is 7.05. The lowest BCUT2D eigenvalue weighted by atomic mass is 10.0. The average molecular weight is 389 g/mol. The summed E-state index contributed by atoms with van der Waals surface area (Å²) in [7, 11) is 0. The molecule has 0 spiro atoms. The molecule has 0 bridgehead atoms. The minimum absolute atomic E-state index is 0.0907. The summed E-state index contributed by atoms with van der Waals surface area (Å²) in [5.74, 6) is 0.0388. The first-order chi connectivity index (χ1) is 13.0. The predicted molar refractivity (Wildman–Crippen MR) is 107 cm³/mol. The molecular formula is C21H31N3O4. The molecule has 1 aliphatic rings. The summed E-state index contributed by atoms with van der Waals surface area (Å²) in [6, 6.07) is 8.23. The third-order valence-electron chi connectivity index (χ3n) is 4.26. The smallest absolute Gasteiger partial charge is 0.407 e. The van der Waals surface area contributed by atoms with Gasteiger partial charge in [0, 0.05) is 0 Å². The van der Waals surface area contributed by atoms with Crippen LogP contribution in [0.1, 0.15) is 46.6 Å². The van der Waals surface area contributed by atoms with Crippen LogP contribution in [0.2, 0.25) is 0 Å². The number of hydrogen-bond acceptors (Lipinski definition) is 4. The SMILES string of the molecule is CC(C)C[C@@H]1NC(=O)N(C[C@H](Cc2ccccc2)NC(=O)OC(C)(C)C)C1=O. The second-order valence-electron chi connectivity index (χ2n) is 8.61. The molecule has 1 saturated heterocycles. The maximum absolute atomic E-state index is 12.7. The van der Waals surface area contributed by atoms with Crippen molar-refractivity contribution in [1.29, 1.82) is 0 Å². The standard InChI is InChI=1S/C21H31N3O4/c1-14(2)11-17-18(25)24(19(26)23-17)13-16(12-15-9-7-6-8-10-15)22-20(27)28-21(3,4)5/h6-10,14,16-17H,11-13H2,1-5H3,(H,22,27)(H,23,26)/t16-,17-/m0/s1. The minimum Gasteiger partial charge on any atom is -0.444 e. The number of nitrogens with zero attached hydrogens (tertiary/aromatic N) is 1. The van der Waals surface area contributed by atoms with Crippen LogP contribution in [-0.4, -0.2) is 47.2 Å². The summed E-state index contributed by atoms with van der Waals surface area (Å²) >= 11 is 0. The highest BCUT2D eigenvalue weighted by Crippen LogP contribution is 2.16. The summed E-state index contributed by atoms with van der Waals surface area (Å²) in [6.45, 7) is 9.45. The molecule has 7 heteroatoms. The predicted octanol–water partition coefficient (Wildman–Crippen LogP) is 3.09. The number of nitrogens with one attached hydrogen (secondary N) is 2. The zero-order chi connectivity index (χ0) is 20.9. The topological polar surface area (TPSA) is 87.7 Å². The Morgan fingerprint density at radius 1 is 1.21 bits per heavy atom. The third-order valence-corrected chi connectivity index (χ3v) is 4.26. The fraction of sp³-hybridized carbons (Fsp3) is 0.571.